The molecule has 3 nitrogen and oxygen atoms in total. The maximum Gasteiger partial charge on any atom is 0.324 e. The van der Waals surface area contributed by atoms with Crippen LogP contribution in [0.25, 0.3) is 0 Å². The summed E-state index contributed by atoms with van der Waals surface area (Å²) in [7, 11) is 0. The predicted octanol–water partition coefficient (Wildman–Crippen LogP) is 1.66. The molecule has 1 N–H and O–H groups in total. The molecule has 1 aromatic rings. The summed E-state index contributed by atoms with van der Waals surface area (Å²) in [5.74, 6) is -0.653. The molecule has 1 saturated heterocycles. The van der Waals surface area contributed by atoms with Gasteiger partial charge in [0.25, 0.3) is 0 Å². The first-order chi connectivity index (χ1) is 7.72. The molecule has 0 aromatic heterocycles. The molecule has 0 aliphatic carbocycles. The van der Waals surface area contributed by atoms with Crippen molar-refractivity contribution in [3.8, 4) is 0 Å². The number of carboxylic acid groups (broad SMARTS) is 1. The Morgan fingerprint density at radius 1 is 1.31 bits per heavy atom. The van der Waals surface area contributed by atoms with E-state index in [4.69, 9.17) is 0 Å². The van der Waals surface area contributed by atoms with Crippen LogP contribution in [0.2, 0.25) is 0 Å². The quantitative estimate of drug-likeness (QED) is 0.777. The maximum atomic E-state index is 11.5. The zero-order valence-corrected chi connectivity index (χ0v) is 9.15. The fraction of sp³-hybridized carbons (Fsp3) is 0.462. The number of carboxylic acids is 1. The molecule has 16 heavy (non-hydrogen) atoms. The number of benzene rings is 1. The van der Waals surface area contributed by atoms with E-state index in [1.54, 1.807) is 0 Å². The second kappa shape index (κ2) is 3.32. The fourth-order valence-electron chi connectivity index (χ4n) is 3.09. The number of fused-ring (bicyclic) bond motifs is 2. The third-order valence-corrected chi connectivity index (χ3v) is 3.98. The lowest BCUT2D eigenvalue weighted by atomic mass is 9.83. The van der Waals surface area contributed by atoms with E-state index in [1.165, 1.54) is 11.1 Å². The van der Waals surface area contributed by atoms with Crippen molar-refractivity contribution in [3.63, 3.8) is 0 Å². The molecule has 1 aromatic carbocycles. The molecule has 0 spiro atoms. The molecule has 3 rings (SSSR count). The lowest BCUT2D eigenvalue weighted by Crippen LogP contribution is -2.54. The van der Waals surface area contributed by atoms with Crippen molar-refractivity contribution in [1.82, 2.24) is 4.90 Å². The number of rotatable bonds is 1. The number of aliphatic carboxylic acids is 1. The van der Waals surface area contributed by atoms with Gasteiger partial charge >= 0.3 is 5.97 Å². The zero-order chi connectivity index (χ0) is 11.2. The van der Waals surface area contributed by atoms with Gasteiger partial charge in [-0.2, -0.15) is 0 Å². The average molecular weight is 217 g/mol. The van der Waals surface area contributed by atoms with E-state index in [2.05, 4.69) is 17.0 Å². The van der Waals surface area contributed by atoms with E-state index in [-0.39, 0.29) is 0 Å². The van der Waals surface area contributed by atoms with Gasteiger partial charge in [-0.15, -0.1) is 0 Å². The van der Waals surface area contributed by atoms with Crippen molar-refractivity contribution in [2.75, 3.05) is 6.54 Å². The molecule has 1 unspecified atom stereocenters. The lowest BCUT2D eigenvalue weighted by molar-refractivity contribution is -0.150. The molecule has 3 heteroatoms. The third kappa shape index (κ3) is 1.21. The number of carbonyl (C=O) groups is 1. The van der Waals surface area contributed by atoms with Gasteiger partial charge in [-0.1, -0.05) is 24.3 Å². The summed E-state index contributed by atoms with van der Waals surface area (Å²) in [6.07, 6.45) is 2.45. The number of hydrogen-bond donors (Lipinski definition) is 1. The topological polar surface area (TPSA) is 40.5 Å². The summed E-state index contributed by atoms with van der Waals surface area (Å²) in [6, 6.07) is 8.21. The standard InChI is InChI=1S/C13H15NO2/c15-12(16)13-6-3-7-14(13)9-11-5-2-1-4-10(11)8-13/h1-2,4-5H,3,6-9H2,(H,15,16). The lowest BCUT2D eigenvalue weighted by Gasteiger charge is -2.39. The smallest absolute Gasteiger partial charge is 0.324 e. The van der Waals surface area contributed by atoms with Gasteiger partial charge in [0, 0.05) is 13.0 Å². The highest BCUT2D eigenvalue weighted by Crippen LogP contribution is 2.39. The van der Waals surface area contributed by atoms with Gasteiger partial charge in [-0.05, 0) is 30.5 Å². The van der Waals surface area contributed by atoms with Gasteiger partial charge in [0.05, 0.1) is 0 Å². The Morgan fingerprint density at radius 3 is 2.81 bits per heavy atom. The molecule has 2 aliphatic rings. The van der Waals surface area contributed by atoms with Crippen molar-refractivity contribution < 1.29 is 9.90 Å². The van der Waals surface area contributed by atoms with Crippen LogP contribution < -0.4 is 0 Å². The minimum Gasteiger partial charge on any atom is -0.480 e. The van der Waals surface area contributed by atoms with E-state index in [0.717, 1.165) is 25.9 Å². The largest absolute Gasteiger partial charge is 0.480 e. The van der Waals surface area contributed by atoms with Crippen molar-refractivity contribution in [3.05, 3.63) is 35.4 Å². The van der Waals surface area contributed by atoms with Gasteiger partial charge in [0.15, 0.2) is 0 Å². The summed E-state index contributed by atoms with van der Waals surface area (Å²) < 4.78 is 0. The van der Waals surface area contributed by atoms with Crippen LogP contribution in [-0.4, -0.2) is 28.1 Å². The molecule has 0 amide bonds. The molecule has 84 valence electrons. The van der Waals surface area contributed by atoms with Gasteiger partial charge in [0.1, 0.15) is 5.54 Å². The SMILES string of the molecule is O=C(O)C12CCCN1Cc1ccccc1C2. The highest BCUT2D eigenvalue weighted by molar-refractivity contribution is 5.80. The van der Waals surface area contributed by atoms with Crippen LogP contribution in [0.1, 0.15) is 24.0 Å². The van der Waals surface area contributed by atoms with Crippen molar-refractivity contribution >= 4 is 5.97 Å². The minimum atomic E-state index is -0.653. The van der Waals surface area contributed by atoms with E-state index in [9.17, 15) is 9.90 Å². The van der Waals surface area contributed by atoms with E-state index < -0.39 is 11.5 Å². The first-order valence-electron chi connectivity index (χ1n) is 5.78. The molecule has 2 aliphatic heterocycles. The van der Waals surface area contributed by atoms with Crippen LogP contribution in [0, 0.1) is 0 Å². The summed E-state index contributed by atoms with van der Waals surface area (Å²) in [6.45, 7) is 1.71. The molecule has 1 fully saturated rings. The Kier molecular flexibility index (Phi) is 2.04. The molecule has 0 saturated carbocycles. The van der Waals surface area contributed by atoms with Crippen LogP contribution in [0.4, 0.5) is 0 Å². The Hall–Kier alpha value is -1.35. The normalized spacial score (nSPS) is 28.5. The highest BCUT2D eigenvalue weighted by Gasteiger charge is 2.49. The zero-order valence-electron chi connectivity index (χ0n) is 9.15. The third-order valence-electron chi connectivity index (χ3n) is 3.98. The van der Waals surface area contributed by atoms with Gasteiger partial charge in [-0.3, -0.25) is 9.69 Å². The Morgan fingerprint density at radius 2 is 2.06 bits per heavy atom. The predicted molar refractivity (Wildman–Crippen MR) is 60.2 cm³/mol. The first kappa shape index (κ1) is 9.85. The average Bonchev–Trinajstić information content (AvgIpc) is 2.69. The molecular weight excluding hydrogens is 202 g/mol. The van der Waals surface area contributed by atoms with Gasteiger partial charge in [0.2, 0.25) is 0 Å². The molecule has 0 bridgehead atoms. The Labute approximate surface area is 94.7 Å². The van der Waals surface area contributed by atoms with Crippen LogP contribution >= 0.6 is 0 Å². The Bertz CT molecular complexity index is 443. The fourth-order valence-corrected chi connectivity index (χ4v) is 3.09. The molecular formula is C13H15NO2. The van der Waals surface area contributed by atoms with E-state index in [0.29, 0.717) is 6.42 Å². The van der Waals surface area contributed by atoms with Crippen molar-refractivity contribution in [2.24, 2.45) is 0 Å². The van der Waals surface area contributed by atoms with Crippen LogP contribution in [-0.2, 0) is 17.8 Å². The van der Waals surface area contributed by atoms with Crippen LogP contribution in [0.3, 0.4) is 0 Å². The van der Waals surface area contributed by atoms with Crippen LogP contribution in [0.15, 0.2) is 24.3 Å². The first-order valence-corrected chi connectivity index (χ1v) is 5.78. The minimum absolute atomic E-state index is 0.617. The summed E-state index contributed by atoms with van der Waals surface area (Å²) in [5, 5.41) is 9.48. The second-order valence-corrected chi connectivity index (χ2v) is 4.81. The van der Waals surface area contributed by atoms with E-state index in [1.807, 2.05) is 12.1 Å². The van der Waals surface area contributed by atoms with E-state index >= 15 is 0 Å². The van der Waals surface area contributed by atoms with Crippen molar-refractivity contribution in [2.45, 2.75) is 31.3 Å². The van der Waals surface area contributed by atoms with Crippen molar-refractivity contribution in [1.29, 1.82) is 0 Å². The number of nitrogens with zero attached hydrogens (tertiary/aromatic N) is 1. The summed E-state index contributed by atoms with van der Waals surface area (Å²) >= 11 is 0. The Balaban J connectivity index is 2.06. The molecule has 1 atom stereocenters. The van der Waals surface area contributed by atoms with Crippen LogP contribution in [0.5, 0.6) is 0 Å². The van der Waals surface area contributed by atoms with Gasteiger partial charge in [-0.25, -0.2) is 0 Å². The highest BCUT2D eigenvalue weighted by atomic mass is 16.4. The van der Waals surface area contributed by atoms with Gasteiger partial charge < -0.3 is 5.11 Å². The summed E-state index contributed by atoms with van der Waals surface area (Å²) in [4.78, 5) is 13.7. The molecule has 2 heterocycles. The summed E-state index contributed by atoms with van der Waals surface area (Å²) in [5.41, 5.74) is 1.89. The number of hydrogen-bond acceptors (Lipinski definition) is 2. The monoisotopic (exact) mass is 217 g/mol. The second-order valence-electron chi connectivity index (χ2n) is 4.81. The molecule has 0 radical (unpaired) electrons. The maximum absolute atomic E-state index is 11.5.